The molecule has 1 unspecified atom stereocenters. The fourth-order valence-corrected chi connectivity index (χ4v) is 1.49. The zero-order valence-corrected chi connectivity index (χ0v) is 7.35. The molecule has 1 saturated carbocycles. The lowest BCUT2D eigenvalue weighted by Crippen LogP contribution is -2.32. The third-order valence-corrected chi connectivity index (χ3v) is 2.00. The summed E-state index contributed by atoms with van der Waals surface area (Å²) in [6, 6.07) is 1.38. The van der Waals surface area contributed by atoms with Gasteiger partial charge in [0, 0.05) is 12.1 Å². The molecule has 1 nitrogen and oxygen atoms in total. The van der Waals surface area contributed by atoms with Crippen molar-refractivity contribution in [3.8, 4) is 0 Å². The quantitative estimate of drug-likeness (QED) is 0.632. The van der Waals surface area contributed by atoms with Gasteiger partial charge in [-0.15, -0.1) is 0 Å². The Morgan fingerprint density at radius 2 is 1.90 bits per heavy atom. The second-order valence-electron chi connectivity index (χ2n) is 3.90. The van der Waals surface area contributed by atoms with E-state index in [9.17, 15) is 0 Å². The second kappa shape index (κ2) is 3.38. The van der Waals surface area contributed by atoms with E-state index in [0.29, 0.717) is 6.04 Å². The zero-order chi connectivity index (χ0) is 7.56. The molecule has 10 heavy (non-hydrogen) atoms. The number of rotatable bonds is 4. The lowest BCUT2D eigenvalue weighted by Gasteiger charge is -2.15. The summed E-state index contributed by atoms with van der Waals surface area (Å²) in [5.41, 5.74) is 0. The molecule has 0 aromatic rings. The highest BCUT2D eigenvalue weighted by Crippen LogP contribution is 2.33. The first-order chi connectivity index (χ1) is 4.68. The highest BCUT2D eigenvalue weighted by atomic mass is 14.9. The average molecular weight is 141 g/mol. The SMILES string of the molecule is CC(C)NC(C)CC1CC1. The van der Waals surface area contributed by atoms with Crippen molar-refractivity contribution >= 4 is 0 Å². The highest BCUT2D eigenvalue weighted by molar-refractivity contribution is 4.78. The van der Waals surface area contributed by atoms with E-state index in [1.54, 1.807) is 0 Å². The van der Waals surface area contributed by atoms with Gasteiger partial charge >= 0.3 is 0 Å². The van der Waals surface area contributed by atoms with Crippen molar-refractivity contribution in [2.45, 2.75) is 52.1 Å². The Hall–Kier alpha value is -0.0400. The van der Waals surface area contributed by atoms with Gasteiger partial charge in [0.15, 0.2) is 0 Å². The third kappa shape index (κ3) is 3.21. The van der Waals surface area contributed by atoms with E-state index < -0.39 is 0 Å². The molecule has 0 heterocycles. The van der Waals surface area contributed by atoms with Crippen LogP contribution in [0.4, 0.5) is 0 Å². The van der Waals surface area contributed by atoms with Crippen LogP contribution in [0.5, 0.6) is 0 Å². The first-order valence-corrected chi connectivity index (χ1v) is 4.44. The fraction of sp³-hybridized carbons (Fsp3) is 1.00. The molecule has 1 aliphatic carbocycles. The Morgan fingerprint density at radius 3 is 2.30 bits per heavy atom. The molecule has 0 amide bonds. The maximum Gasteiger partial charge on any atom is 0.00437 e. The molecule has 0 radical (unpaired) electrons. The van der Waals surface area contributed by atoms with Crippen molar-refractivity contribution in [3.05, 3.63) is 0 Å². The van der Waals surface area contributed by atoms with Crippen molar-refractivity contribution in [2.24, 2.45) is 5.92 Å². The standard InChI is InChI=1S/C9H19N/c1-7(2)10-8(3)6-9-4-5-9/h7-10H,4-6H2,1-3H3. The van der Waals surface area contributed by atoms with Crippen LogP contribution in [0.1, 0.15) is 40.0 Å². The van der Waals surface area contributed by atoms with Crippen LogP contribution in [-0.2, 0) is 0 Å². The van der Waals surface area contributed by atoms with Crippen LogP contribution >= 0.6 is 0 Å². The minimum Gasteiger partial charge on any atom is -0.312 e. The van der Waals surface area contributed by atoms with E-state index in [1.165, 1.54) is 19.3 Å². The first kappa shape index (κ1) is 8.06. The van der Waals surface area contributed by atoms with Crippen molar-refractivity contribution in [2.75, 3.05) is 0 Å². The minimum absolute atomic E-state index is 0.647. The summed E-state index contributed by atoms with van der Waals surface area (Å²) in [6.07, 6.45) is 4.34. The summed E-state index contributed by atoms with van der Waals surface area (Å²) >= 11 is 0. The van der Waals surface area contributed by atoms with Gasteiger partial charge in [-0.3, -0.25) is 0 Å². The van der Waals surface area contributed by atoms with Gasteiger partial charge in [-0.25, -0.2) is 0 Å². The predicted molar refractivity (Wildman–Crippen MR) is 45.1 cm³/mol. The summed E-state index contributed by atoms with van der Waals surface area (Å²) in [5.74, 6) is 1.06. The lowest BCUT2D eigenvalue weighted by molar-refractivity contribution is 0.447. The number of hydrogen-bond acceptors (Lipinski definition) is 1. The van der Waals surface area contributed by atoms with Crippen LogP contribution < -0.4 is 5.32 Å². The molecule has 60 valence electrons. The molecule has 0 aromatic carbocycles. The van der Waals surface area contributed by atoms with Crippen molar-refractivity contribution in [1.82, 2.24) is 5.32 Å². The van der Waals surface area contributed by atoms with Crippen LogP contribution in [-0.4, -0.2) is 12.1 Å². The van der Waals surface area contributed by atoms with E-state index in [2.05, 4.69) is 26.1 Å². The Bertz CT molecular complexity index is 90.9. The molecule has 1 heteroatoms. The summed E-state index contributed by atoms with van der Waals surface area (Å²) in [6.45, 7) is 6.71. The van der Waals surface area contributed by atoms with E-state index >= 15 is 0 Å². The van der Waals surface area contributed by atoms with E-state index in [1.807, 2.05) is 0 Å². The Balaban J connectivity index is 2.02. The van der Waals surface area contributed by atoms with Crippen LogP contribution in [0.3, 0.4) is 0 Å². The van der Waals surface area contributed by atoms with Gasteiger partial charge in [0.2, 0.25) is 0 Å². The zero-order valence-electron chi connectivity index (χ0n) is 7.35. The third-order valence-electron chi connectivity index (χ3n) is 2.00. The molecule has 0 spiro atoms. The van der Waals surface area contributed by atoms with E-state index in [0.717, 1.165) is 12.0 Å². The number of hydrogen-bond donors (Lipinski definition) is 1. The molecule has 1 N–H and O–H groups in total. The molecule has 1 atom stereocenters. The average Bonchev–Trinajstić information content (AvgIpc) is 2.46. The molecule has 0 aromatic heterocycles. The van der Waals surface area contributed by atoms with Crippen LogP contribution in [0.2, 0.25) is 0 Å². The molecular weight excluding hydrogens is 122 g/mol. The summed E-state index contributed by atoms with van der Waals surface area (Å²) in [7, 11) is 0. The summed E-state index contributed by atoms with van der Waals surface area (Å²) in [4.78, 5) is 0. The molecule has 0 aliphatic heterocycles. The van der Waals surface area contributed by atoms with Gasteiger partial charge in [0.1, 0.15) is 0 Å². The van der Waals surface area contributed by atoms with Crippen molar-refractivity contribution in [3.63, 3.8) is 0 Å². The Morgan fingerprint density at radius 1 is 1.30 bits per heavy atom. The number of nitrogens with one attached hydrogen (secondary N) is 1. The normalized spacial score (nSPS) is 21.6. The molecule has 1 rings (SSSR count). The van der Waals surface area contributed by atoms with Gasteiger partial charge in [-0.1, -0.05) is 26.7 Å². The molecule has 1 aliphatic rings. The van der Waals surface area contributed by atoms with Gasteiger partial charge in [-0.2, -0.15) is 0 Å². The van der Waals surface area contributed by atoms with Gasteiger partial charge < -0.3 is 5.32 Å². The maximum atomic E-state index is 3.51. The summed E-state index contributed by atoms with van der Waals surface area (Å²) in [5, 5.41) is 3.51. The van der Waals surface area contributed by atoms with Crippen molar-refractivity contribution in [1.29, 1.82) is 0 Å². The molecular formula is C9H19N. The Labute approximate surface area is 64.2 Å². The maximum absolute atomic E-state index is 3.51. The molecule has 1 fully saturated rings. The van der Waals surface area contributed by atoms with Crippen LogP contribution in [0.25, 0.3) is 0 Å². The fourth-order valence-electron chi connectivity index (χ4n) is 1.49. The summed E-state index contributed by atoms with van der Waals surface area (Å²) < 4.78 is 0. The van der Waals surface area contributed by atoms with Crippen LogP contribution in [0.15, 0.2) is 0 Å². The smallest absolute Gasteiger partial charge is 0.00437 e. The largest absolute Gasteiger partial charge is 0.312 e. The monoisotopic (exact) mass is 141 g/mol. The molecule has 0 bridgehead atoms. The Kier molecular flexibility index (Phi) is 2.72. The van der Waals surface area contributed by atoms with Crippen LogP contribution in [0, 0.1) is 5.92 Å². The van der Waals surface area contributed by atoms with Crippen molar-refractivity contribution < 1.29 is 0 Å². The first-order valence-electron chi connectivity index (χ1n) is 4.44. The van der Waals surface area contributed by atoms with Gasteiger partial charge in [0.05, 0.1) is 0 Å². The van der Waals surface area contributed by atoms with E-state index in [-0.39, 0.29) is 0 Å². The highest BCUT2D eigenvalue weighted by Gasteiger charge is 2.23. The van der Waals surface area contributed by atoms with Gasteiger partial charge in [-0.05, 0) is 19.3 Å². The second-order valence-corrected chi connectivity index (χ2v) is 3.90. The predicted octanol–water partition coefficient (Wildman–Crippen LogP) is 2.17. The lowest BCUT2D eigenvalue weighted by atomic mass is 10.1. The van der Waals surface area contributed by atoms with E-state index in [4.69, 9.17) is 0 Å². The molecule has 0 saturated heterocycles. The van der Waals surface area contributed by atoms with Gasteiger partial charge in [0.25, 0.3) is 0 Å². The topological polar surface area (TPSA) is 12.0 Å². The minimum atomic E-state index is 0.647.